The van der Waals surface area contributed by atoms with Gasteiger partial charge in [0.05, 0.1) is 23.6 Å². The van der Waals surface area contributed by atoms with Gasteiger partial charge in [-0.1, -0.05) is 12.1 Å². The first-order chi connectivity index (χ1) is 12.7. The largest absolute Gasteiger partial charge is 0.383 e. The fourth-order valence-corrected chi connectivity index (χ4v) is 3.16. The highest BCUT2D eigenvalue weighted by Crippen LogP contribution is 2.31. The summed E-state index contributed by atoms with van der Waals surface area (Å²) in [5.41, 5.74) is 9.54. The fraction of sp³-hybridized carbons (Fsp3) is 0.263. The van der Waals surface area contributed by atoms with Crippen molar-refractivity contribution in [3.63, 3.8) is 0 Å². The number of nitrogens with zero attached hydrogens (tertiary/aromatic N) is 5. The van der Waals surface area contributed by atoms with Crippen LogP contribution in [0.15, 0.2) is 42.9 Å². The van der Waals surface area contributed by atoms with Gasteiger partial charge in [0.2, 0.25) is 0 Å². The van der Waals surface area contributed by atoms with Gasteiger partial charge in [-0.15, -0.1) is 0 Å². The van der Waals surface area contributed by atoms with Gasteiger partial charge in [0.1, 0.15) is 17.8 Å². The van der Waals surface area contributed by atoms with E-state index in [4.69, 9.17) is 15.6 Å². The molecule has 4 rings (SSSR count). The van der Waals surface area contributed by atoms with E-state index in [1.165, 1.54) is 6.33 Å². The van der Waals surface area contributed by atoms with Crippen LogP contribution in [0.4, 0.5) is 5.82 Å². The minimum atomic E-state index is 0.0212. The van der Waals surface area contributed by atoms with Crippen molar-refractivity contribution in [3.8, 4) is 11.3 Å². The molecular weight excluding hydrogens is 328 g/mol. The second-order valence-electron chi connectivity index (χ2n) is 6.17. The summed E-state index contributed by atoms with van der Waals surface area (Å²) >= 11 is 0. The zero-order chi connectivity index (χ0) is 18.1. The van der Waals surface area contributed by atoms with Crippen LogP contribution in [-0.2, 0) is 11.3 Å². The summed E-state index contributed by atoms with van der Waals surface area (Å²) in [7, 11) is 0. The molecule has 3 heterocycles. The van der Waals surface area contributed by atoms with Crippen molar-refractivity contribution >= 4 is 27.8 Å². The monoisotopic (exact) mass is 348 g/mol. The number of hydrogen-bond donors (Lipinski definition) is 1. The number of ether oxygens (including phenoxy) is 1. The van der Waals surface area contributed by atoms with Gasteiger partial charge in [-0.25, -0.2) is 14.6 Å². The molecule has 2 N–H and O–H groups in total. The van der Waals surface area contributed by atoms with E-state index in [0.29, 0.717) is 24.6 Å². The van der Waals surface area contributed by atoms with Crippen LogP contribution >= 0.6 is 0 Å². The average molecular weight is 348 g/mol. The van der Waals surface area contributed by atoms with E-state index in [1.54, 1.807) is 6.20 Å². The molecular formula is C19H20N6O. The molecule has 0 saturated carbocycles. The van der Waals surface area contributed by atoms with Gasteiger partial charge in [-0.05, 0) is 32.0 Å². The quantitative estimate of drug-likeness (QED) is 0.596. The van der Waals surface area contributed by atoms with Crippen molar-refractivity contribution < 1.29 is 4.74 Å². The molecule has 1 atom stereocenters. The summed E-state index contributed by atoms with van der Waals surface area (Å²) in [5, 5.41) is 6.59. The van der Waals surface area contributed by atoms with Gasteiger partial charge >= 0.3 is 0 Å². The third-order valence-corrected chi connectivity index (χ3v) is 4.32. The zero-order valence-electron chi connectivity index (χ0n) is 14.8. The molecule has 3 aromatic heterocycles. The van der Waals surface area contributed by atoms with Crippen LogP contribution in [0.5, 0.6) is 0 Å². The zero-order valence-corrected chi connectivity index (χ0v) is 14.8. The van der Waals surface area contributed by atoms with Crippen LogP contribution in [-0.4, -0.2) is 37.4 Å². The summed E-state index contributed by atoms with van der Waals surface area (Å²) in [6, 6.07) is 10.00. The lowest BCUT2D eigenvalue weighted by atomic mass is 10.1. The molecule has 4 aromatic rings. The minimum absolute atomic E-state index is 0.0212. The number of anilines is 1. The number of rotatable bonds is 5. The lowest BCUT2D eigenvalue weighted by Crippen LogP contribution is -2.17. The standard InChI is InChI=1S/C19H20N6O/c1-3-26-12(2)10-25-19-16(18(20)22-11-23-19)17(24-25)14-6-7-15-13(9-14)5-4-8-21-15/h4-9,11-12H,3,10H2,1-2H3,(H2,20,22,23). The molecule has 0 bridgehead atoms. The topological polar surface area (TPSA) is 91.7 Å². The average Bonchev–Trinajstić information content (AvgIpc) is 3.01. The highest BCUT2D eigenvalue weighted by atomic mass is 16.5. The first-order valence-electron chi connectivity index (χ1n) is 8.61. The summed E-state index contributed by atoms with van der Waals surface area (Å²) in [5.74, 6) is 0.423. The molecule has 0 aliphatic carbocycles. The van der Waals surface area contributed by atoms with Crippen molar-refractivity contribution in [3.05, 3.63) is 42.9 Å². The third-order valence-electron chi connectivity index (χ3n) is 4.32. The first-order valence-corrected chi connectivity index (χ1v) is 8.61. The maximum absolute atomic E-state index is 6.16. The molecule has 1 aromatic carbocycles. The molecule has 0 aliphatic heterocycles. The van der Waals surface area contributed by atoms with Crippen molar-refractivity contribution in [1.82, 2.24) is 24.7 Å². The summed E-state index contributed by atoms with van der Waals surface area (Å²) < 4.78 is 7.50. The van der Waals surface area contributed by atoms with Gasteiger partial charge < -0.3 is 10.5 Å². The molecule has 0 aliphatic rings. The lowest BCUT2D eigenvalue weighted by molar-refractivity contribution is 0.0623. The van der Waals surface area contributed by atoms with Crippen LogP contribution in [0.2, 0.25) is 0 Å². The van der Waals surface area contributed by atoms with Crippen LogP contribution in [0.1, 0.15) is 13.8 Å². The molecule has 7 nitrogen and oxygen atoms in total. The Morgan fingerprint density at radius 3 is 2.92 bits per heavy atom. The Morgan fingerprint density at radius 2 is 2.08 bits per heavy atom. The molecule has 0 spiro atoms. The van der Waals surface area contributed by atoms with Gasteiger partial charge in [-0.3, -0.25) is 4.98 Å². The highest BCUT2D eigenvalue weighted by molar-refractivity contribution is 5.99. The Balaban J connectivity index is 1.88. The molecule has 26 heavy (non-hydrogen) atoms. The molecule has 1 unspecified atom stereocenters. The van der Waals surface area contributed by atoms with Crippen LogP contribution in [0.25, 0.3) is 33.2 Å². The minimum Gasteiger partial charge on any atom is -0.383 e. The Bertz CT molecular complexity index is 1070. The van der Waals surface area contributed by atoms with Gasteiger partial charge in [0, 0.05) is 23.8 Å². The van der Waals surface area contributed by atoms with Crippen LogP contribution in [0, 0.1) is 0 Å². The van der Waals surface area contributed by atoms with Crippen molar-refractivity contribution in [1.29, 1.82) is 0 Å². The Kier molecular flexibility index (Phi) is 4.22. The number of benzene rings is 1. The fourth-order valence-electron chi connectivity index (χ4n) is 3.16. The number of nitrogen functional groups attached to an aromatic ring is 1. The van der Waals surface area contributed by atoms with Crippen molar-refractivity contribution in [2.45, 2.75) is 26.5 Å². The van der Waals surface area contributed by atoms with Gasteiger partial charge in [0.15, 0.2) is 5.65 Å². The summed E-state index contributed by atoms with van der Waals surface area (Å²) in [4.78, 5) is 12.9. The number of pyridine rings is 1. The van der Waals surface area contributed by atoms with Gasteiger partial charge in [0.25, 0.3) is 0 Å². The smallest absolute Gasteiger partial charge is 0.164 e. The maximum atomic E-state index is 6.16. The first kappa shape index (κ1) is 16.4. The van der Waals surface area contributed by atoms with E-state index in [-0.39, 0.29) is 6.10 Å². The molecule has 0 saturated heterocycles. The second-order valence-corrected chi connectivity index (χ2v) is 6.17. The highest BCUT2D eigenvalue weighted by Gasteiger charge is 2.18. The predicted molar refractivity (Wildman–Crippen MR) is 102 cm³/mol. The maximum Gasteiger partial charge on any atom is 0.164 e. The van der Waals surface area contributed by atoms with E-state index >= 15 is 0 Å². The lowest BCUT2D eigenvalue weighted by Gasteiger charge is -2.11. The number of aromatic nitrogens is 5. The normalized spacial score (nSPS) is 12.7. The molecule has 0 radical (unpaired) electrons. The number of hydrogen-bond acceptors (Lipinski definition) is 6. The van der Waals surface area contributed by atoms with Crippen molar-refractivity contribution in [2.24, 2.45) is 0 Å². The Hall–Kier alpha value is -3.06. The van der Waals surface area contributed by atoms with E-state index in [1.807, 2.05) is 42.8 Å². The van der Waals surface area contributed by atoms with Crippen LogP contribution in [0.3, 0.4) is 0 Å². The SMILES string of the molecule is CCOC(C)Cn1nc(-c2ccc3ncccc3c2)c2c(N)ncnc21. The Morgan fingerprint density at radius 1 is 1.19 bits per heavy atom. The van der Waals surface area contributed by atoms with Gasteiger partial charge in [-0.2, -0.15) is 5.10 Å². The van der Waals surface area contributed by atoms with E-state index < -0.39 is 0 Å². The second kappa shape index (κ2) is 6.68. The van der Waals surface area contributed by atoms with E-state index in [2.05, 4.69) is 21.0 Å². The molecule has 0 amide bonds. The molecule has 7 heteroatoms. The van der Waals surface area contributed by atoms with Crippen LogP contribution < -0.4 is 5.73 Å². The summed E-state index contributed by atoms with van der Waals surface area (Å²) in [6.45, 7) is 5.24. The predicted octanol–water partition coefficient (Wildman–Crippen LogP) is 3.05. The summed E-state index contributed by atoms with van der Waals surface area (Å²) in [6.07, 6.45) is 3.27. The Labute approximate surface area is 150 Å². The number of nitrogens with two attached hydrogens (primary N) is 1. The molecule has 132 valence electrons. The molecule has 0 fully saturated rings. The van der Waals surface area contributed by atoms with E-state index in [0.717, 1.165) is 27.5 Å². The van der Waals surface area contributed by atoms with Crippen molar-refractivity contribution in [2.75, 3.05) is 12.3 Å². The third kappa shape index (κ3) is 2.86. The number of fused-ring (bicyclic) bond motifs is 2. The van der Waals surface area contributed by atoms with E-state index in [9.17, 15) is 0 Å².